The largest absolute Gasteiger partial charge is 0.299 e. The van der Waals surface area contributed by atoms with Crippen LogP contribution < -0.4 is 0 Å². The number of pyridine rings is 1. The molecule has 3 nitrogen and oxygen atoms in total. The second-order valence-electron chi connectivity index (χ2n) is 4.32. The van der Waals surface area contributed by atoms with E-state index in [1.165, 1.54) is 4.90 Å². The molecule has 2 aromatic heterocycles. The van der Waals surface area contributed by atoms with Crippen molar-refractivity contribution in [1.29, 1.82) is 5.26 Å². The first-order valence-corrected chi connectivity index (χ1v) is 7.41. The van der Waals surface area contributed by atoms with Crippen molar-refractivity contribution >= 4 is 17.4 Å². The smallest absolute Gasteiger partial charge is 0.137 e. The summed E-state index contributed by atoms with van der Waals surface area (Å²) in [6.45, 7) is 2.14. The first kappa shape index (κ1) is 12.8. The van der Waals surface area contributed by atoms with E-state index in [0.29, 0.717) is 5.56 Å². The SMILES string of the molecule is CCSc1ccc2nccn2c1-c1ccc(C#N)cc1. The summed E-state index contributed by atoms with van der Waals surface area (Å²) in [7, 11) is 0. The molecule has 2 heterocycles. The lowest BCUT2D eigenvalue weighted by molar-refractivity contribution is 1.14. The van der Waals surface area contributed by atoms with Crippen LogP contribution in [0.1, 0.15) is 12.5 Å². The predicted molar refractivity (Wildman–Crippen MR) is 81.7 cm³/mol. The molecule has 20 heavy (non-hydrogen) atoms. The molecule has 0 saturated heterocycles. The van der Waals surface area contributed by atoms with Crippen LogP contribution in [0.2, 0.25) is 0 Å². The van der Waals surface area contributed by atoms with Crippen molar-refractivity contribution in [1.82, 2.24) is 9.38 Å². The van der Waals surface area contributed by atoms with E-state index in [4.69, 9.17) is 5.26 Å². The summed E-state index contributed by atoms with van der Waals surface area (Å²) in [5, 5.41) is 8.91. The Bertz CT molecular complexity index is 782. The average Bonchev–Trinajstić information content (AvgIpc) is 2.96. The Labute approximate surface area is 121 Å². The summed E-state index contributed by atoms with van der Waals surface area (Å²) in [5.74, 6) is 1.02. The lowest BCUT2D eigenvalue weighted by Crippen LogP contribution is -1.94. The molecule has 0 fully saturated rings. The lowest BCUT2D eigenvalue weighted by Gasteiger charge is -2.11. The quantitative estimate of drug-likeness (QED) is 0.681. The highest BCUT2D eigenvalue weighted by Gasteiger charge is 2.10. The maximum Gasteiger partial charge on any atom is 0.137 e. The third-order valence-electron chi connectivity index (χ3n) is 3.11. The molecule has 0 bridgehead atoms. The number of thioether (sulfide) groups is 1. The van der Waals surface area contributed by atoms with E-state index >= 15 is 0 Å². The molecule has 3 rings (SSSR count). The molecule has 98 valence electrons. The molecule has 0 amide bonds. The highest BCUT2D eigenvalue weighted by atomic mass is 32.2. The Morgan fingerprint density at radius 3 is 2.70 bits per heavy atom. The third kappa shape index (κ3) is 2.17. The molecule has 0 unspecified atom stereocenters. The Kier molecular flexibility index (Phi) is 3.44. The number of hydrogen-bond acceptors (Lipinski definition) is 3. The van der Waals surface area contributed by atoms with Gasteiger partial charge in [0.1, 0.15) is 5.65 Å². The fourth-order valence-electron chi connectivity index (χ4n) is 2.23. The first-order chi connectivity index (χ1) is 9.83. The van der Waals surface area contributed by atoms with Gasteiger partial charge in [-0.1, -0.05) is 19.1 Å². The number of fused-ring (bicyclic) bond motifs is 1. The van der Waals surface area contributed by atoms with E-state index in [0.717, 1.165) is 22.7 Å². The van der Waals surface area contributed by atoms with E-state index in [-0.39, 0.29) is 0 Å². The normalized spacial score (nSPS) is 10.6. The third-order valence-corrected chi connectivity index (χ3v) is 4.04. The van der Waals surface area contributed by atoms with Crippen molar-refractivity contribution in [3.63, 3.8) is 0 Å². The molecule has 0 spiro atoms. The predicted octanol–water partition coefficient (Wildman–Crippen LogP) is 3.98. The molecular formula is C16H13N3S. The van der Waals surface area contributed by atoms with Gasteiger partial charge in [-0.3, -0.25) is 4.40 Å². The van der Waals surface area contributed by atoms with E-state index in [1.807, 2.05) is 54.5 Å². The molecule has 0 aliphatic carbocycles. The number of hydrogen-bond donors (Lipinski definition) is 0. The Balaban J connectivity index is 2.23. The first-order valence-electron chi connectivity index (χ1n) is 6.43. The van der Waals surface area contributed by atoms with Crippen molar-refractivity contribution in [3.05, 3.63) is 54.4 Å². The second-order valence-corrected chi connectivity index (χ2v) is 5.63. The van der Waals surface area contributed by atoms with Crippen molar-refractivity contribution in [2.75, 3.05) is 5.75 Å². The fourth-order valence-corrected chi connectivity index (χ4v) is 3.06. The van der Waals surface area contributed by atoms with Crippen LogP contribution in [0.5, 0.6) is 0 Å². The number of benzene rings is 1. The van der Waals surface area contributed by atoms with Crippen LogP contribution in [-0.4, -0.2) is 15.1 Å². The molecule has 0 N–H and O–H groups in total. The Morgan fingerprint density at radius 1 is 1.20 bits per heavy atom. The minimum atomic E-state index is 0.677. The van der Waals surface area contributed by atoms with Crippen molar-refractivity contribution < 1.29 is 0 Å². The molecule has 0 atom stereocenters. The fraction of sp³-hybridized carbons (Fsp3) is 0.125. The molecule has 3 aromatic rings. The topological polar surface area (TPSA) is 41.1 Å². The number of nitriles is 1. The minimum Gasteiger partial charge on any atom is -0.299 e. The van der Waals surface area contributed by atoms with E-state index < -0.39 is 0 Å². The van der Waals surface area contributed by atoms with E-state index in [2.05, 4.69) is 28.4 Å². The minimum absolute atomic E-state index is 0.677. The van der Waals surface area contributed by atoms with Crippen molar-refractivity contribution in [2.24, 2.45) is 0 Å². The van der Waals surface area contributed by atoms with Gasteiger partial charge in [-0.15, -0.1) is 11.8 Å². The number of nitrogens with zero attached hydrogens (tertiary/aromatic N) is 3. The zero-order valence-corrected chi connectivity index (χ0v) is 11.9. The van der Waals surface area contributed by atoms with E-state index in [1.54, 1.807) is 0 Å². The summed E-state index contributed by atoms with van der Waals surface area (Å²) < 4.78 is 2.10. The molecule has 0 radical (unpaired) electrons. The highest BCUT2D eigenvalue weighted by Crippen LogP contribution is 2.32. The standard InChI is InChI=1S/C16H13N3S/c1-2-20-14-7-8-15-18-9-10-19(15)16(14)13-5-3-12(11-17)4-6-13/h3-10H,2H2,1H3. The van der Waals surface area contributed by atoms with Crippen LogP contribution >= 0.6 is 11.8 Å². The maximum atomic E-state index is 8.91. The second kappa shape index (κ2) is 5.40. The van der Waals surface area contributed by atoms with E-state index in [9.17, 15) is 0 Å². The molecule has 0 saturated carbocycles. The van der Waals surface area contributed by atoms with Gasteiger partial charge in [-0.25, -0.2) is 4.98 Å². The molecular weight excluding hydrogens is 266 g/mol. The molecule has 4 heteroatoms. The van der Waals surface area contributed by atoms with Gasteiger partial charge in [0.15, 0.2) is 0 Å². The number of aromatic nitrogens is 2. The summed E-state index contributed by atoms with van der Waals surface area (Å²) in [6.07, 6.45) is 3.78. The maximum absolute atomic E-state index is 8.91. The zero-order chi connectivity index (χ0) is 13.9. The van der Waals surface area contributed by atoms with Gasteiger partial charge in [0, 0.05) is 17.3 Å². The zero-order valence-electron chi connectivity index (χ0n) is 11.1. The lowest BCUT2D eigenvalue weighted by atomic mass is 10.1. The van der Waals surface area contributed by atoms with Crippen LogP contribution in [0.15, 0.2) is 53.7 Å². The number of imidazole rings is 1. The summed E-state index contributed by atoms with van der Waals surface area (Å²) >= 11 is 1.81. The summed E-state index contributed by atoms with van der Waals surface area (Å²) in [5.41, 5.74) is 3.85. The molecule has 0 aliphatic heterocycles. The summed E-state index contributed by atoms with van der Waals surface area (Å²) in [6, 6.07) is 14.0. The average molecular weight is 279 g/mol. The van der Waals surface area contributed by atoms with Gasteiger partial charge in [0.2, 0.25) is 0 Å². The number of rotatable bonds is 3. The highest BCUT2D eigenvalue weighted by molar-refractivity contribution is 7.99. The van der Waals surface area contributed by atoms with Crippen LogP contribution in [0.25, 0.3) is 16.9 Å². The van der Waals surface area contributed by atoms with Gasteiger partial charge in [-0.05, 0) is 35.6 Å². The van der Waals surface area contributed by atoms with Crippen molar-refractivity contribution in [2.45, 2.75) is 11.8 Å². The Hall–Kier alpha value is -2.25. The van der Waals surface area contributed by atoms with Crippen molar-refractivity contribution in [3.8, 4) is 17.3 Å². The van der Waals surface area contributed by atoms with Gasteiger partial charge >= 0.3 is 0 Å². The van der Waals surface area contributed by atoms with Gasteiger partial charge in [-0.2, -0.15) is 5.26 Å². The molecule has 1 aromatic carbocycles. The van der Waals surface area contributed by atoms with Crippen LogP contribution in [0, 0.1) is 11.3 Å². The van der Waals surface area contributed by atoms with Gasteiger partial charge in [0.05, 0.1) is 17.3 Å². The van der Waals surface area contributed by atoms with Crippen LogP contribution in [-0.2, 0) is 0 Å². The Morgan fingerprint density at radius 2 is 2.00 bits per heavy atom. The van der Waals surface area contributed by atoms with Gasteiger partial charge in [0.25, 0.3) is 0 Å². The monoisotopic (exact) mass is 279 g/mol. The molecule has 0 aliphatic rings. The van der Waals surface area contributed by atoms with Crippen LogP contribution in [0.3, 0.4) is 0 Å². The van der Waals surface area contributed by atoms with Crippen LogP contribution in [0.4, 0.5) is 0 Å². The summed E-state index contributed by atoms with van der Waals surface area (Å²) in [4.78, 5) is 5.57. The van der Waals surface area contributed by atoms with Gasteiger partial charge < -0.3 is 0 Å².